The molecular weight excluding hydrogens is 242 g/mol. The zero-order chi connectivity index (χ0) is 13.2. The fourth-order valence-corrected chi connectivity index (χ4v) is 2.38. The van der Waals surface area contributed by atoms with Crippen molar-refractivity contribution in [1.29, 1.82) is 0 Å². The first-order chi connectivity index (χ1) is 9.33. The van der Waals surface area contributed by atoms with Gasteiger partial charge in [0.25, 0.3) is 0 Å². The Hall–Kier alpha value is -1.97. The molecule has 0 fully saturated rings. The van der Waals surface area contributed by atoms with E-state index in [1.165, 1.54) is 12.8 Å². The molecule has 2 aromatic rings. The summed E-state index contributed by atoms with van der Waals surface area (Å²) in [5.74, 6) is 2.23. The number of nitrogens with zero attached hydrogens (tertiary/aromatic N) is 1. The topological polar surface area (TPSA) is 31.6 Å². The molecule has 0 saturated carbocycles. The first-order valence-electron chi connectivity index (χ1n) is 6.63. The number of methoxy groups -OCH3 is 1. The van der Waals surface area contributed by atoms with Crippen LogP contribution in [-0.4, -0.2) is 13.9 Å². The molecule has 4 nitrogen and oxygen atoms in total. The number of aromatic nitrogens is 1. The van der Waals surface area contributed by atoms with Crippen molar-refractivity contribution in [2.45, 2.75) is 26.3 Å². The summed E-state index contributed by atoms with van der Waals surface area (Å²) in [7, 11) is 1.67. The normalized spacial score (nSPS) is 12.9. The van der Waals surface area contributed by atoms with Crippen LogP contribution in [-0.2, 0) is 6.54 Å². The molecule has 0 aliphatic carbocycles. The van der Waals surface area contributed by atoms with Gasteiger partial charge in [-0.05, 0) is 6.07 Å². The molecule has 0 saturated heterocycles. The highest BCUT2D eigenvalue weighted by molar-refractivity contribution is 5.92. The van der Waals surface area contributed by atoms with Gasteiger partial charge in [-0.25, -0.2) is 4.57 Å². The molecule has 0 spiro atoms. The minimum atomic E-state index is 0.262. The average Bonchev–Trinajstić information content (AvgIpc) is 2.90. The molecule has 19 heavy (non-hydrogen) atoms. The molecule has 0 bridgehead atoms. The minimum Gasteiger partial charge on any atom is -0.492 e. The fraction of sp³-hybridized carbons (Fsp3) is 0.400. The molecule has 1 aromatic heterocycles. The number of ether oxygens (including phenoxy) is 3. The maximum absolute atomic E-state index is 5.51. The Labute approximate surface area is 112 Å². The van der Waals surface area contributed by atoms with Crippen LogP contribution in [0.15, 0.2) is 24.5 Å². The molecule has 1 aliphatic heterocycles. The third-order valence-electron chi connectivity index (χ3n) is 3.40. The summed E-state index contributed by atoms with van der Waals surface area (Å²) in [6, 6.07) is 4.10. The van der Waals surface area contributed by atoms with E-state index >= 15 is 0 Å². The fourth-order valence-electron chi connectivity index (χ4n) is 2.38. The van der Waals surface area contributed by atoms with Gasteiger partial charge in [-0.3, -0.25) is 0 Å². The third-order valence-corrected chi connectivity index (χ3v) is 3.40. The van der Waals surface area contributed by atoms with Crippen LogP contribution in [0, 0.1) is 0 Å². The van der Waals surface area contributed by atoms with Gasteiger partial charge in [-0.15, -0.1) is 0 Å². The molecule has 0 N–H and O–H groups in total. The number of hydrogen-bond acceptors (Lipinski definition) is 3. The molecule has 1 aromatic carbocycles. The van der Waals surface area contributed by atoms with Crippen LogP contribution in [0.5, 0.6) is 17.2 Å². The average molecular weight is 260 g/mol. The van der Waals surface area contributed by atoms with Crippen LogP contribution in [0.3, 0.4) is 0 Å². The molecule has 4 heteroatoms. The van der Waals surface area contributed by atoms with Crippen LogP contribution in [0.2, 0.25) is 0 Å². The molecule has 2 heterocycles. The van der Waals surface area contributed by atoms with Gasteiger partial charge in [-0.1, -0.05) is 13.3 Å². The SMILES string of the molecule is CCCC[n+]1ccc2cc3c(c(OC)c2c1)OCO3. The predicted octanol–water partition coefficient (Wildman–Crippen LogP) is 2.66. The van der Waals surface area contributed by atoms with E-state index < -0.39 is 0 Å². The minimum absolute atomic E-state index is 0.262. The lowest BCUT2D eigenvalue weighted by Crippen LogP contribution is -2.32. The quantitative estimate of drug-likeness (QED) is 0.792. The van der Waals surface area contributed by atoms with E-state index in [0.29, 0.717) is 5.75 Å². The van der Waals surface area contributed by atoms with Crippen LogP contribution in [0.1, 0.15) is 19.8 Å². The van der Waals surface area contributed by atoms with Crippen molar-refractivity contribution < 1.29 is 18.8 Å². The van der Waals surface area contributed by atoms with Crippen LogP contribution in [0.4, 0.5) is 0 Å². The second-order valence-corrected chi connectivity index (χ2v) is 4.68. The molecule has 0 unspecified atom stereocenters. The van der Waals surface area contributed by atoms with Crippen molar-refractivity contribution in [3.05, 3.63) is 24.5 Å². The Kier molecular flexibility index (Phi) is 3.15. The number of rotatable bonds is 4. The van der Waals surface area contributed by atoms with Crippen molar-refractivity contribution in [3.63, 3.8) is 0 Å². The number of pyridine rings is 1. The number of benzene rings is 1. The Bertz CT molecular complexity index is 610. The Morgan fingerprint density at radius 2 is 2.26 bits per heavy atom. The maximum atomic E-state index is 5.51. The maximum Gasteiger partial charge on any atom is 0.231 e. The molecule has 100 valence electrons. The van der Waals surface area contributed by atoms with Gasteiger partial charge in [0.1, 0.15) is 6.54 Å². The van der Waals surface area contributed by atoms with E-state index in [2.05, 4.69) is 30.0 Å². The molecule has 0 amide bonds. The van der Waals surface area contributed by atoms with Gasteiger partial charge in [0.15, 0.2) is 23.9 Å². The zero-order valence-electron chi connectivity index (χ0n) is 11.3. The smallest absolute Gasteiger partial charge is 0.231 e. The van der Waals surface area contributed by atoms with E-state index in [4.69, 9.17) is 14.2 Å². The molecule has 1 aliphatic rings. The summed E-state index contributed by atoms with van der Waals surface area (Å²) in [5, 5.41) is 2.17. The van der Waals surface area contributed by atoms with Gasteiger partial charge in [0, 0.05) is 17.9 Å². The van der Waals surface area contributed by atoms with Crippen molar-refractivity contribution in [3.8, 4) is 17.2 Å². The summed E-state index contributed by atoms with van der Waals surface area (Å²) in [5.41, 5.74) is 0. The first-order valence-corrected chi connectivity index (χ1v) is 6.63. The van der Waals surface area contributed by atoms with Gasteiger partial charge < -0.3 is 14.2 Å². The monoisotopic (exact) mass is 260 g/mol. The van der Waals surface area contributed by atoms with Gasteiger partial charge in [0.2, 0.25) is 12.5 Å². The van der Waals surface area contributed by atoms with Gasteiger partial charge >= 0.3 is 0 Å². The summed E-state index contributed by atoms with van der Waals surface area (Å²) < 4.78 is 18.6. The van der Waals surface area contributed by atoms with Crippen molar-refractivity contribution in [1.82, 2.24) is 0 Å². The molecule has 3 rings (SSSR count). The highest BCUT2D eigenvalue weighted by Crippen LogP contribution is 2.45. The van der Waals surface area contributed by atoms with Crippen LogP contribution < -0.4 is 18.8 Å². The van der Waals surface area contributed by atoms with E-state index in [0.717, 1.165) is 28.8 Å². The summed E-state index contributed by atoms with van der Waals surface area (Å²) in [6.45, 7) is 3.47. The van der Waals surface area contributed by atoms with Gasteiger partial charge in [-0.2, -0.15) is 0 Å². The molecule has 0 radical (unpaired) electrons. The van der Waals surface area contributed by atoms with Crippen molar-refractivity contribution >= 4 is 10.8 Å². The van der Waals surface area contributed by atoms with Crippen molar-refractivity contribution in [2.75, 3.05) is 13.9 Å². The second-order valence-electron chi connectivity index (χ2n) is 4.68. The molecule has 0 atom stereocenters. The Morgan fingerprint density at radius 1 is 1.37 bits per heavy atom. The van der Waals surface area contributed by atoms with E-state index in [1.54, 1.807) is 7.11 Å². The number of hydrogen-bond donors (Lipinski definition) is 0. The summed E-state index contributed by atoms with van der Waals surface area (Å²) >= 11 is 0. The van der Waals surface area contributed by atoms with Crippen LogP contribution in [0.25, 0.3) is 10.8 Å². The summed E-state index contributed by atoms with van der Waals surface area (Å²) in [6.07, 6.45) is 6.57. The van der Waals surface area contributed by atoms with Gasteiger partial charge in [0.05, 0.1) is 12.5 Å². The molecular formula is C15H18NO3+. The lowest BCUT2D eigenvalue weighted by atomic mass is 10.1. The largest absolute Gasteiger partial charge is 0.492 e. The highest BCUT2D eigenvalue weighted by atomic mass is 16.7. The highest BCUT2D eigenvalue weighted by Gasteiger charge is 2.23. The third kappa shape index (κ3) is 2.07. The first kappa shape index (κ1) is 12.1. The standard InChI is InChI=1S/C15H18NO3/c1-3-4-6-16-7-5-11-8-13-15(19-10-18-13)14(17-2)12(11)9-16/h5,7-9H,3-4,6,10H2,1-2H3/q+1. The Balaban J connectivity index is 2.13. The number of fused-ring (bicyclic) bond motifs is 2. The van der Waals surface area contributed by atoms with E-state index in [9.17, 15) is 0 Å². The predicted molar refractivity (Wildman–Crippen MR) is 71.7 cm³/mol. The summed E-state index contributed by atoms with van der Waals surface area (Å²) in [4.78, 5) is 0. The van der Waals surface area contributed by atoms with Crippen LogP contribution >= 0.6 is 0 Å². The lowest BCUT2D eigenvalue weighted by molar-refractivity contribution is -0.696. The number of aryl methyl sites for hydroxylation is 1. The lowest BCUT2D eigenvalue weighted by Gasteiger charge is -2.08. The number of unbranched alkanes of at least 4 members (excludes halogenated alkanes) is 1. The zero-order valence-corrected chi connectivity index (χ0v) is 11.3. The van der Waals surface area contributed by atoms with Crippen molar-refractivity contribution in [2.24, 2.45) is 0 Å². The van der Waals surface area contributed by atoms with E-state index in [1.807, 2.05) is 6.07 Å². The van der Waals surface area contributed by atoms with E-state index in [-0.39, 0.29) is 6.79 Å². The Morgan fingerprint density at radius 3 is 3.05 bits per heavy atom. The second kappa shape index (κ2) is 4.96.